The topological polar surface area (TPSA) is 58.6 Å². The lowest BCUT2D eigenvalue weighted by molar-refractivity contribution is -0.124. The molecular formula is C24H25FN2O3. The molecule has 0 unspecified atom stereocenters. The molecule has 2 amide bonds. The van der Waals surface area contributed by atoms with Gasteiger partial charge in [-0.2, -0.15) is 0 Å². The monoisotopic (exact) mass is 408 g/mol. The highest BCUT2D eigenvalue weighted by Gasteiger charge is 2.32. The zero-order chi connectivity index (χ0) is 21.1. The summed E-state index contributed by atoms with van der Waals surface area (Å²) in [5.74, 6) is 0.370. The van der Waals surface area contributed by atoms with Crippen LogP contribution in [0.2, 0.25) is 0 Å². The van der Waals surface area contributed by atoms with Gasteiger partial charge in [0.15, 0.2) is 11.5 Å². The number of halogens is 1. The standard InChI is InChI=1S/C24H25FN2O3/c1-16-6-12-19(13-7-16)26-23(28)15-27-20-4-2-3-5-21(20)30-22(24(27)29)14-17-8-10-18(25)11-9-17/h2-5,8-11,14,16,19H,6-7,12-13,15H2,1H3,(H,26,28). The summed E-state index contributed by atoms with van der Waals surface area (Å²) in [5.41, 5.74) is 1.20. The van der Waals surface area contributed by atoms with E-state index in [-0.39, 0.29) is 30.1 Å². The first-order valence-corrected chi connectivity index (χ1v) is 10.3. The minimum absolute atomic E-state index is 0.0774. The van der Waals surface area contributed by atoms with Crippen molar-refractivity contribution >= 4 is 23.6 Å². The fraction of sp³-hybridized carbons (Fsp3) is 0.333. The fourth-order valence-corrected chi connectivity index (χ4v) is 3.95. The van der Waals surface area contributed by atoms with Crippen molar-refractivity contribution in [3.05, 3.63) is 65.7 Å². The summed E-state index contributed by atoms with van der Waals surface area (Å²) in [6.45, 7) is 2.16. The summed E-state index contributed by atoms with van der Waals surface area (Å²) >= 11 is 0. The molecular weight excluding hydrogens is 383 g/mol. The Bertz CT molecular complexity index is 963. The molecule has 0 aromatic heterocycles. The van der Waals surface area contributed by atoms with Crippen LogP contribution >= 0.6 is 0 Å². The van der Waals surface area contributed by atoms with Crippen molar-refractivity contribution in [2.45, 2.75) is 38.6 Å². The van der Waals surface area contributed by atoms with Crippen molar-refractivity contribution in [3.8, 4) is 5.75 Å². The van der Waals surface area contributed by atoms with E-state index in [1.807, 2.05) is 6.07 Å². The van der Waals surface area contributed by atoms with Gasteiger partial charge in [-0.1, -0.05) is 31.2 Å². The number of hydrogen-bond acceptors (Lipinski definition) is 3. The maximum absolute atomic E-state index is 13.2. The number of hydrogen-bond donors (Lipinski definition) is 1. The molecule has 0 radical (unpaired) electrons. The van der Waals surface area contributed by atoms with Gasteiger partial charge >= 0.3 is 0 Å². The average Bonchev–Trinajstić information content (AvgIpc) is 2.74. The van der Waals surface area contributed by atoms with E-state index in [0.29, 0.717) is 22.9 Å². The molecule has 0 bridgehead atoms. The first-order valence-electron chi connectivity index (χ1n) is 10.3. The van der Waals surface area contributed by atoms with Gasteiger partial charge in [-0.15, -0.1) is 0 Å². The van der Waals surface area contributed by atoms with Crippen LogP contribution in [0.4, 0.5) is 10.1 Å². The fourth-order valence-electron chi connectivity index (χ4n) is 3.95. The average molecular weight is 408 g/mol. The lowest BCUT2D eigenvalue weighted by Gasteiger charge is -2.31. The maximum atomic E-state index is 13.2. The zero-order valence-electron chi connectivity index (χ0n) is 16.9. The summed E-state index contributed by atoms with van der Waals surface area (Å²) in [7, 11) is 0. The third-order valence-corrected chi connectivity index (χ3v) is 5.68. The molecule has 2 aromatic rings. The molecule has 1 aliphatic carbocycles. The van der Waals surface area contributed by atoms with Gasteiger partial charge in [0.2, 0.25) is 5.91 Å². The Morgan fingerprint density at radius 2 is 1.83 bits per heavy atom. The molecule has 1 heterocycles. The number of fused-ring (bicyclic) bond motifs is 1. The highest BCUT2D eigenvalue weighted by molar-refractivity contribution is 6.12. The molecule has 2 aromatic carbocycles. The van der Waals surface area contributed by atoms with E-state index in [9.17, 15) is 14.0 Å². The molecule has 0 atom stereocenters. The van der Waals surface area contributed by atoms with Crippen LogP contribution in [-0.4, -0.2) is 24.4 Å². The Hall–Kier alpha value is -3.15. The van der Waals surface area contributed by atoms with Gasteiger partial charge < -0.3 is 10.1 Å². The SMILES string of the molecule is CC1CCC(NC(=O)CN2C(=O)C(=Cc3ccc(F)cc3)Oc3ccccc32)CC1. The van der Waals surface area contributed by atoms with Crippen LogP contribution < -0.4 is 15.0 Å². The number of carbonyl (C=O) groups is 2. The maximum Gasteiger partial charge on any atom is 0.294 e. The first-order chi connectivity index (χ1) is 14.5. The zero-order valence-corrected chi connectivity index (χ0v) is 16.9. The summed E-state index contributed by atoms with van der Waals surface area (Å²) in [4.78, 5) is 27.3. The second kappa shape index (κ2) is 8.69. The van der Waals surface area contributed by atoms with Gasteiger partial charge in [-0.05, 0) is 67.5 Å². The Morgan fingerprint density at radius 3 is 2.57 bits per heavy atom. The van der Waals surface area contributed by atoms with Gasteiger partial charge in [0.25, 0.3) is 5.91 Å². The minimum Gasteiger partial charge on any atom is -0.449 e. The van der Waals surface area contributed by atoms with E-state index in [4.69, 9.17) is 4.74 Å². The number of carbonyl (C=O) groups excluding carboxylic acids is 2. The smallest absolute Gasteiger partial charge is 0.294 e. The lowest BCUT2D eigenvalue weighted by atomic mass is 9.87. The Labute approximate surface area is 175 Å². The number of ether oxygens (including phenoxy) is 1. The number of nitrogens with zero attached hydrogens (tertiary/aromatic N) is 1. The Kier molecular flexibility index (Phi) is 5.84. The van der Waals surface area contributed by atoms with Crippen LogP contribution in [0.25, 0.3) is 6.08 Å². The molecule has 30 heavy (non-hydrogen) atoms. The van der Waals surface area contributed by atoms with Gasteiger partial charge in [0.1, 0.15) is 12.4 Å². The molecule has 2 aliphatic rings. The molecule has 6 heteroatoms. The highest BCUT2D eigenvalue weighted by Crippen LogP contribution is 2.35. The third kappa shape index (κ3) is 4.53. The van der Waals surface area contributed by atoms with Crippen molar-refractivity contribution in [2.75, 3.05) is 11.4 Å². The summed E-state index contributed by atoms with van der Waals surface area (Å²) in [6.07, 6.45) is 5.71. The van der Waals surface area contributed by atoms with Gasteiger partial charge in [-0.3, -0.25) is 14.5 Å². The van der Waals surface area contributed by atoms with Crippen LogP contribution in [0.15, 0.2) is 54.3 Å². The van der Waals surface area contributed by atoms with Crippen molar-refractivity contribution in [2.24, 2.45) is 5.92 Å². The Morgan fingerprint density at radius 1 is 1.13 bits per heavy atom. The van der Waals surface area contributed by atoms with E-state index in [2.05, 4.69) is 12.2 Å². The number of amides is 2. The molecule has 0 spiro atoms. The molecule has 4 rings (SSSR count). The number of benzene rings is 2. The number of anilines is 1. The van der Waals surface area contributed by atoms with Crippen molar-refractivity contribution in [1.29, 1.82) is 0 Å². The molecule has 5 nitrogen and oxygen atoms in total. The second-order valence-electron chi connectivity index (χ2n) is 8.05. The van der Waals surface area contributed by atoms with Crippen LogP contribution in [-0.2, 0) is 9.59 Å². The van der Waals surface area contributed by atoms with Crippen LogP contribution in [0.3, 0.4) is 0 Å². The minimum atomic E-state index is -0.398. The molecule has 0 saturated heterocycles. The quantitative estimate of drug-likeness (QED) is 0.768. The van der Waals surface area contributed by atoms with Crippen LogP contribution in [0, 0.1) is 11.7 Å². The number of para-hydroxylation sites is 2. The van der Waals surface area contributed by atoms with E-state index in [1.54, 1.807) is 36.4 Å². The second-order valence-corrected chi connectivity index (χ2v) is 8.05. The molecule has 156 valence electrons. The molecule has 1 saturated carbocycles. The van der Waals surface area contributed by atoms with Gasteiger partial charge in [-0.25, -0.2) is 4.39 Å². The van der Waals surface area contributed by atoms with Crippen molar-refractivity contribution in [3.63, 3.8) is 0 Å². The predicted octanol–water partition coefficient (Wildman–Crippen LogP) is 4.29. The largest absolute Gasteiger partial charge is 0.449 e. The first kappa shape index (κ1) is 20.1. The van der Waals surface area contributed by atoms with E-state index >= 15 is 0 Å². The van der Waals surface area contributed by atoms with Crippen LogP contribution in [0.5, 0.6) is 5.75 Å². The van der Waals surface area contributed by atoms with Gasteiger partial charge in [0, 0.05) is 6.04 Å². The van der Waals surface area contributed by atoms with Crippen molar-refractivity contribution in [1.82, 2.24) is 5.32 Å². The number of nitrogens with one attached hydrogen (secondary N) is 1. The highest BCUT2D eigenvalue weighted by atomic mass is 19.1. The molecule has 1 N–H and O–H groups in total. The van der Waals surface area contributed by atoms with Crippen LogP contribution in [0.1, 0.15) is 38.2 Å². The molecule has 1 fully saturated rings. The normalized spacial score (nSPS) is 22.4. The molecule has 1 aliphatic heterocycles. The summed E-state index contributed by atoms with van der Waals surface area (Å²) < 4.78 is 19.0. The van der Waals surface area contributed by atoms with Crippen molar-refractivity contribution < 1.29 is 18.7 Å². The number of rotatable bonds is 4. The lowest BCUT2D eigenvalue weighted by Crippen LogP contribution is -2.47. The third-order valence-electron chi connectivity index (χ3n) is 5.68. The van der Waals surface area contributed by atoms with E-state index in [0.717, 1.165) is 25.7 Å². The van der Waals surface area contributed by atoms with E-state index in [1.165, 1.54) is 17.0 Å². The van der Waals surface area contributed by atoms with E-state index < -0.39 is 5.91 Å². The summed E-state index contributed by atoms with van der Waals surface area (Å²) in [6, 6.07) is 13.1. The van der Waals surface area contributed by atoms with Gasteiger partial charge in [0.05, 0.1) is 5.69 Å². The summed E-state index contributed by atoms with van der Waals surface area (Å²) in [5, 5.41) is 3.07. The Balaban J connectivity index is 1.54. The predicted molar refractivity (Wildman–Crippen MR) is 113 cm³/mol.